The molecule has 1 saturated heterocycles. The van der Waals surface area contributed by atoms with Crippen molar-refractivity contribution < 1.29 is 24.6 Å². The fourth-order valence-corrected chi connectivity index (χ4v) is 4.49. The molecule has 0 aromatic carbocycles. The Kier molecular flexibility index (Phi) is 6.79. The van der Waals surface area contributed by atoms with Gasteiger partial charge in [-0.05, 0) is 38.7 Å². The number of carbonyl (C=O) groups excluding carboxylic acids is 2. The van der Waals surface area contributed by atoms with Crippen molar-refractivity contribution in [1.82, 2.24) is 29.3 Å². The maximum absolute atomic E-state index is 13.4. The summed E-state index contributed by atoms with van der Waals surface area (Å²) in [5.41, 5.74) is 0.261. The molecule has 3 N–H and O–H groups in total. The topological polar surface area (TPSA) is 149 Å². The Labute approximate surface area is 207 Å². The highest BCUT2D eigenvalue weighted by Crippen LogP contribution is 2.25. The van der Waals surface area contributed by atoms with E-state index in [1.165, 1.54) is 20.1 Å². The second-order valence-corrected chi connectivity index (χ2v) is 9.93. The lowest BCUT2D eigenvalue weighted by Crippen LogP contribution is -2.54. The maximum atomic E-state index is 13.4. The van der Waals surface area contributed by atoms with Crippen molar-refractivity contribution in [2.75, 3.05) is 19.6 Å². The van der Waals surface area contributed by atoms with Crippen molar-refractivity contribution in [1.29, 1.82) is 0 Å². The van der Waals surface area contributed by atoms with Gasteiger partial charge in [0.05, 0.1) is 5.69 Å². The fourth-order valence-electron chi connectivity index (χ4n) is 4.49. The molecule has 12 heteroatoms. The second-order valence-electron chi connectivity index (χ2n) is 9.93. The van der Waals surface area contributed by atoms with Gasteiger partial charge in [0.1, 0.15) is 5.65 Å². The van der Waals surface area contributed by atoms with E-state index in [-0.39, 0.29) is 55.7 Å². The van der Waals surface area contributed by atoms with Crippen LogP contribution in [0.1, 0.15) is 55.2 Å². The van der Waals surface area contributed by atoms with E-state index < -0.39 is 23.4 Å². The average molecular weight is 501 g/mol. The molecular weight excluding hydrogens is 468 g/mol. The van der Waals surface area contributed by atoms with Crippen molar-refractivity contribution >= 4 is 29.6 Å². The monoisotopic (exact) mass is 500 g/mol. The third-order valence-electron chi connectivity index (χ3n) is 6.48. The molecule has 3 amide bonds. The van der Waals surface area contributed by atoms with Crippen molar-refractivity contribution in [2.24, 2.45) is 5.92 Å². The summed E-state index contributed by atoms with van der Waals surface area (Å²) in [5.74, 6) is -1.42. The lowest BCUT2D eigenvalue weighted by molar-refractivity contribution is -0.129. The molecule has 1 atom stereocenters. The molecule has 2 aliphatic rings. The summed E-state index contributed by atoms with van der Waals surface area (Å²) < 4.78 is 2.60. The Morgan fingerprint density at radius 1 is 1.22 bits per heavy atom. The normalized spacial score (nSPS) is 18.4. The van der Waals surface area contributed by atoms with Gasteiger partial charge < -0.3 is 25.3 Å². The molecule has 0 spiro atoms. The lowest BCUT2D eigenvalue weighted by atomic mass is 10.1. The third-order valence-corrected chi connectivity index (χ3v) is 6.48. The summed E-state index contributed by atoms with van der Waals surface area (Å²) in [5, 5.41) is 27.2. The third kappa shape index (κ3) is 4.79. The molecule has 4 rings (SSSR count). The number of nitrogens with one attached hydrogen (secondary N) is 1. The molecule has 1 aliphatic carbocycles. The van der Waals surface area contributed by atoms with E-state index in [4.69, 9.17) is 0 Å². The Morgan fingerprint density at radius 3 is 2.50 bits per heavy atom. The van der Waals surface area contributed by atoms with E-state index in [1.54, 1.807) is 24.8 Å². The van der Waals surface area contributed by atoms with E-state index in [1.807, 2.05) is 13.8 Å². The molecule has 194 valence electrons. The molecule has 1 saturated carbocycles. The van der Waals surface area contributed by atoms with Crippen LogP contribution in [-0.2, 0) is 11.3 Å². The quantitative estimate of drug-likeness (QED) is 0.506. The number of aryl methyl sites for hydroxylation is 1. The highest BCUT2D eigenvalue weighted by molar-refractivity contribution is 5.97. The highest BCUT2D eigenvalue weighted by atomic mass is 16.4. The Bertz CT molecular complexity index is 1300. The molecule has 2 aromatic heterocycles. The molecular formula is C24H32N6O6. The van der Waals surface area contributed by atoms with Crippen LogP contribution in [0.15, 0.2) is 10.9 Å². The number of nitrogens with zero attached hydrogens (tertiary/aromatic N) is 5. The molecule has 2 fully saturated rings. The van der Waals surface area contributed by atoms with Crippen LogP contribution in [0.2, 0.25) is 0 Å². The number of aromatic hydroxyl groups is 1. The minimum Gasteiger partial charge on any atom is -0.492 e. The number of carboxylic acid groups (broad SMARTS) is 1. The molecule has 1 unspecified atom stereocenters. The summed E-state index contributed by atoms with van der Waals surface area (Å²) in [4.78, 5) is 53.2. The fraction of sp³-hybridized carbons (Fsp3) is 0.542. The number of carbonyl (C=O) groups is 3. The Morgan fingerprint density at radius 2 is 1.92 bits per heavy atom. The first-order valence-corrected chi connectivity index (χ1v) is 12.1. The minimum absolute atomic E-state index is 0.00849. The van der Waals surface area contributed by atoms with Crippen LogP contribution in [0.4, 0.5) is 4.79 Å². The van der Waals surface area contributed by atoms with Crippen LogP contribution in [0.5, 0.6) is 5.88 Å². The number of piperazine rings is 1. The smallest absolute Gasteiger partial charge is 0.407 e. The predicted molar refractivity (Wildman–Crippen MR) is 131 cm³/mol. The summed E-state index contributed by atoms with van der Waals surface area (Å²) in [6.45, 7) is 8.33. The first-order valence-electron chi connectivity index (χ1n) is 12.1. The van der Waals surface area contributed by atoms with Gasteiger partial charge in [0.25, 0.3) is 11.5 Å². The Hall–Kier alpha value is -3.83. The molecule has 1 aliphatic heterocycles. The molecule has 0 bridgehead atoms. The van der Waals surface area contributed by atoms with Gasteiger partial charge in [-0.3, -0.25) is 19.0 Å². The van der Waals surface area contributed by atoms with Crippen LogP contribution in [0.3, 0.4) is 0 Å². The van der Waals surface area contributed by atoms with Gasteiger partial charge in [0.2, 0.25) is 11.8 Å². The summed E-state index contributed by atoms with van der Waals surface area (Å²) >= 11 is 0. The van der Waals surface area contributed by atoms with Crippen molar-refractivity contribution in [3.63, 3.8) is 0 Å². The van der Waals surface area contributed by atoms with E-state index >= 15 is 0 Å². The largest absolute Gasteiger partial charge is 0.492 e. The zero-order valence-electron chi connectivity index (χ0n) is 20.9. The van der Waals surface area contributed by atoms with E-state index in [0.717, 1.165) is 12.8 Å². The standard InChI is InChI=1S/C24H32N6O6/c1-13(2)11-29-21-17(7-8-18(31)28-10-9-27(24(35)36)12-14(28)3)15(4)26-30(21)23(34)19(22(29)33)20(32)25-16-5-6-16/h7-8,13-14,16,34H,5-6,9-12H2,1-4H3,(H,25,32)(H,35,36). The SMILES string of the molecule is Cc1nn2c(O)c(C(=O)NC3CC3)c(=O)n(CC(C)C)c2c1C=CC(=O)N1CCN(C(=O)O)CC1C. The van der Waals surface area contributed by atoms with Crippen LogP contribution >= 0.6 is 0 Å². The molecule has 2 aromatic rings. The lowest BCUT2D eigenvalue weighted by Gasteiger charge is -2.38. The number of aromatic nitrogens is 3. The van der Waals surface area contributed by atoms with Crippen LogP contribution in [-0.4, -0.2) is 83.8 Å². The first kappa shape index (κ1) is 25.3. The van der Waals surface area contributed by atoms with Crippen molar-refractivity contribution in [3.8, 4) is 5.88 Å². The number of hydrogen-bond acceptors (Lipinski definition) is 6. The van der Waals surface area contributed by atoms with Gasteiger partial charge in [-0.25, -0.2) is 4.79 Å². The zero-order valence-corrected chi connectivity index (χ0v) is 20.9. The van der Waals surface area contributed by atoms with Gasteiger partial charge >= 0.3 is 6.09 Å². The van der Waals surface area contributed by atoms with Gasteiger partial charge in [0, 0.05) is 49.9 Å². The molecule has 0 radical (unpaired) electrons. The van der Waals surface area contributed by atoms with E-state index in [2.05, 4.69) is 10.4 Å². The number of fused-ring (bicyclic) bond motifs is 1. The average Bonchev–Trinajstić information content (AvgIpc) is 3.55. The summed E-state index contributed by atoms with van der Waals surface area (Å²) in [6, 6.07) is -0.290. The van der Waals surface area contributed by atoms with Crippen LogP contribution < -0.4 is 10.9 Å². The minimum atomic E-state index is -1.01. The maximum Gasteiger partial charge on any atom is 0.407 e. The first-order chi connectivity index (χ1) is 17.0. The highest BCUT2D eigenvalue weighted by Gasteiger charge is 2.31. The van der Waals surface area contributed by atoms with Crippen LogP contribution in [0.25, 0.3) is 11.7 Å². The number of rotatable bonds is 6. The van der Waals surface area contributed by atoms with Gasteiger partial charge in [-0.1, -0.05) is 13.8 Å². The molecule has 36 heavy (non-hydrogen) atoms. The predicted octanol–water partition coefficient (Wildman–Crippen LogP) is 1.28. The van der Waals surface area contributed by atoms with Gasteiger partial charge in [-0.15, -0.1) is 0 Å². The Balaban J connectivity index is 1.73. The van der Waals surface area contributed by atoms with Crippen LogP contribution in [0, 0.1) is 12.8 Å². The zero-order chi connectivity index (χ0) is 26.3. The number of amides is 3. The second kappa shape index (κ2) is 9.67. The molecule has 12 nitrogen and oxygen atoms in total. The summed E-state index contributed by atoms with van der Waals surface area (Å²) in [6.07, 6.45) is 3.58. The van der Waals surface area contributed by atoms with Crippen molar-refractivity contribution in [3.05, 3.63) is 33.3 Å². The molecule has 3 heterocycles. The van der Waals surface area contributed by atoms with E-state index in [0.29, 0.717) is 16.9 Å². The number of hydrogen-bond donors (Lipinski definition) is 3. The summed E-state index contributed by atoms with van der Waals surface area (Å²) in [7, 11) is 0. The van der Waals surface area contributed by atoms with Crippen molar-refractivity contribution in [2.45, 2.75) is 59.2 Å². The van der Waals surface area contributed by atoms with Gasteiger partial charge in [0.15, 0.2) is 5.56 Å². The van der Waals surface area contributed by atoms with E-state index in [9.17, 15) is 29.4 Å². The van der Waals surface area contributed by atoms with Gasteiger partial charge in [-0.2, -0.15) is 9.61 Å².